The lowest BCUT2D eigenvalue weighted by molar-refractivity contribution is 0.587. The summed E-state index contributed by atoms with van der Waals surface area (Å²) < 4.78 is 5.75. The summed E-state index contributed by atoms with van der Waals surface area (Å²) in [6.07, 6.45) is 3.63. The van der Waals surface area contributed by atoms with Crippen molar-refractivity contribution in [2.24, 2.45) is 4.99 Å². The van der Waals surface area contributed by atoms with Gasteiger partial charge in [-0.2, -0.15) is 0 Å². The summed E-state index contributed by atoms with van der Waals surface area (Å²) in [5.74, 6) is 0.565. The van der Waals surface area contributed by atoms with E-state index in [1.54, 1.807) is 6.21 Å². The quantitative estimate of drug-likeness (QED) is 0.720. The molecule has 0 fully saturated rings. The van der Waals surface area contributed by atoms with Crippen molar-refractivity contribution in [2.75, 3.05) is 5.32 Å². The molecule has 96 valence electrons. The van der Waals surface area contributed by atoms with Crippen LogP contribution in [0, 0.1) is 0 Å². The molecule has 2 aromatic carbocycles. The summed E-state index contributed by atoms with van der Waals surface area (Å²) >= 11 is 0. The Kier molecular flexibility index (Phi) is 2.39. The first-order chi connectivity index (χ1) is 9.90. The van der Waals surface area contributed by atoms with Crippen molar-refractivity contribution in [1.29, 1.82) is 0 Å². The zero-order valence-electron chi connectivity index (χ0n) is 10.6. The van der Waals surface area contributed by atoms with E-state index in [4.69, 9.17) is 4.42 Å². The molecule has 0 aliphatic carbocycles. The largest absolute Gasteiger partial charge is 0.436 e. The Morgan fingerprint density at radius 1 is 0.950 bits per heavy atom. The molecule has 0 saturated carbocycles. The van der Waals surface area contributed by atoms with Crippen LogP contribution < -0.4 is 5.32 Å². The lowest BCUT2D eigenvalue weighted by Gasteiger charge is -2.01. The van der Waals surface area contributed by atoms with E-state index < -0.39 is 0 Å². The maximum Gasteiger partial charge on any atom is 0.230 e. The van der Waals surface area contributed by atoms with Crippen LogP contribution in [0.2, 0.25) is 0 Å². The van der Waals surface area contributed by atoms with E-state index in [-0.39, 0.29) is 0 Å². The number of nitrogens with one attached hydrogen (secondary N) is 1. The number of rotatable bonds is 1. The van der Waals surface area contributed by atoms with Crippen molar-refractivity contribution in [2.45, 2.75) is 0 Å². The molecule has 3 aromatic rings. The average Bonchev–Trinajstić information content (AvgIpc) is 2.80. The highest BCUT2D eigenvalue weighted by molar-refractivity contribution is 6.11. The number of nitrogens with zero attached hydrogens (tertiary/aromatic N) is 2. The molecule has 0 atom stereocenters. The highest BCUT2D eigenvalue weighted by Crippen LogP contribution is 2.28. The normalized spacial score (nSPS) is 13.5. The number of hydrogen-bond acceptors (Lipinski definition) is 4. The fraction of sp³-hybridized carbons (Fsp3) is 0. The minimum atomic E-state index is 0.565. The van der Waals surface area contributed by atoms with Gasteiger partial charge in [0.25, 0.3) is 0 Å². The van der Waals surface area contributed by atoms with Crippen molar-refractivity contribution < 1.29 is 4.42 Å². The van der Waals surface area contributed by atoms with E-state index in [9.17, 15) is 0 Å². The van der Waals surface area contributed by atoms with Gasteiger partial charge in [0.05, 0.1) is 16.9 Å². The number of oxazole rings is 1. The molecule has 4 heteroatoms. The number of aliphatic imine (C=N–C) groups is 1. The van der Waals surface area contributed by atoms with Crippen LogP contribution in [0.3, 0.4) is 0 Å². The number of para-hydroxylation sites is 4. The molecule has 1 aliphatic rings. The molecule has 0 spiro atoms. The van der Waals surface area contributed by atoms with Crippen LogP contribution >= 0.6 is 0 Å². The average molecular weight is 261 g/mol. The standard InChI is InChI=1S/C16H11N3O/c1-2-6-13-12(5-1)17-9-11(10-18-13)16-19-14-7-3-4-8-15(14)20-16/h1-10,17H. The Hall–Kier alpha value is -2.88. The maximum absolute atomic E-state index is 5.75. The second-order valence-electron chi connectivity index (χ2n) is 4.51. The highest BCUT2D eigenvalue weighted by atomic mass is 16.3. The highest BCUT2D eigenvalue weighted by Gasteiger charge is 2.11. The summed E-state index contributed by atoms with van der Waals surface area (Å²) in [6.45, 7) is 0. The van der Waals surface area contributed by atoms with Crippen molar-refractivity contribution >= 4 is 34.3 Å². The van der Waals surface area contributed by atoms with Gasteiger partial charge in [0.1, 0.15) is 5.52 Å². The Labute approximate surface area is 115 Å². The molecular weight excluding hydrogens is 250 g/mol. The van der Waals surface area contributed by atoms with Crippen molar-refractivity contribution in [3.05, 3.63) is 60.6 Å². The summed E-state index contributed by atoms with van der Waals surface area (Å²) in [5, 5.41) is 3.23. The Balaban J connectivity index is 1.78. The fourth-order valence-electron chi connectivity index (χ4n) is 2.15. The van der Waals surface area contributed by atoms with Gasteiger partial charge in [-0.1, -0.05) is 24.3 Å². The lowest BCUT2D eigenvalue weighted by Crippen LogP contribution is -1.90. The van der Waals surface area contributed by atoms with Crippen molar-refractivity contribution in [3.8, 4) is 0 Å². The Morgan fingerprint density at radius 2 is 1.80 bits per heavy atom. The SMILES string of the molecule is C1=Nc2ccccc2NC=C1c1nc2ccccc2o1. The molecule has 4 rings (SSSR count). The molecule has 20 heavy (non-hydrogen) atoms. The summed E-state index contributed by atoms with van der Waals surface area (Å²) in [5.41, 5.74) is 4.30. The van der Waals surface area contributed by atoms with Crippen LogP contribution in [-0.2, 0) is 0 Å². The number of fused-ring (bicyclic) bond motifs is 2. The summed E-state index contributed by atoms with van der Waals surface area (Å²) in [4.78, 5) is 8.93. The van der Waals surface area contributed by atoms with Gasteiger partial charge in [0.2, 0.25) is 5.89 Å². The molecular formula is C16H11N3O. The van der Waals surface area contributed by atoms with Crippen LogP contribution in [0.25, 0.3) is 16.7 Å². The molecule has 0 amide bonds. The van der Waals surface area contributed by atoms with Crippen LogP contribution in [0.15, 0.2) is 64.1 Å². The van der Waals surface area contributed by atoms with E-state index in [0.717, 1.165) is 28.0 Å². The Bertz CT molecular complexity index is 813. The third-order valence-electron chi connectivity index (χ3n) is 3.17. The van der Waals surface area contributed by atoms with E-state index >= 15 is 0 Å². The van der Waals surface area contributed by atoms with E-state index in [1.165, 1.54) is 0 Å². The molecule has 1 aliphatic heterocycles. The molecule has 1 N–H and O–H groups in total. The molecule has 0 radical (unpaired) electrons. The smallest absolute Gasteiger partial charge is 0.230 e. The van der Waals surface area contributed by atoms with Crippen molar-refractivity contribution in [3.63, 3.8) is 0 Å². The fourth-order valence-corrected chi connectivity index (χ4v) is 2.15. The van der Waals surface area contributed by atoms with Crippen molar-refractivity contribution in [1.82, 2.24) is 4.98 Å². The third-order valence-corrected chi connectivity index (χ3v) is 3.17. The van der Waals surface area contributed by atoms with Gasteiger partial charge in [-0.25, -0.2) is 4.98 Å². The second kappa shape index (κ2) is 4.35. The molecule has 1 aromatic heterocycles. The maximum atomic E-state index is 5.75. The van der Waals surface area contributed by atoms with Crippen LogP contribution in [-0.4, -0.2) is 11.2 Å². The molecule has 4 nitrogen and oxygen atoms in total. The molecule has 2 heterocycles. The Morgan fingerprint density at radius 3 is 2.75 bits per heavy atom. The molecule has 0 saturated heterocycles. The zero-order chi connectivity index (χ0) is 13.4. The number of aromatic nitrogens is 1. The van der Waals surface area contributed by atoms with Gasteiger partial charge < -0.3 is 9.73 Å². The number of allylic oxidation sites excluding steroid dienone is 1. The predicted octanol–water partition coefficient (Wildman–Crippen LogP) is 4.00. The minimum Gasteiger partial charge on any atom is -0.436 e. The van der Waals surface area contributed by atoms with Gasteiger partial charge in [-0.3, -0.25) is 4.99 Å². The number of benzene rings is 2. The summed E-state index contributed by atoms with van der Waals surface area (Å²) in [7, 11) is 0. The zero-order valence-corrected chi connectivity index (χ0v) is 10.6. The van der Waals surface area contributed by atoms with Gasteiger partial charge in [0.15, 0.2) is 5.58 Å². The predicted molar refractivity (Wildman–Crippen MR) is 80.2 cm³/mol. The van der Waals surface area contributed by atoms with Gasteiger partial charge >= 0.3 is 0 Å². The first-order valence-corrected chi connectivity index (χ1v) is 6.36. The van der Waals surface area contributed by atoms with Crippen LogP contribution in [0.5, 0.6) is 0 Å². The first-order valence-electron chi connectivity index (χ1n) is 6.36. The number of anilines is 1. The molecule has 0 unspecified atom stereocenters. The first kappa shape index (κ1) is 11.0. The molecule has 0 bridgehead atoms. The van der Waals surface area contributed by atoms with Gasteiger partial charge in [0, 0.05) is 12.4 Å². The summed E-state index contributed by atoms with van der Waals surface area (Å²) in [6, 6.07) is 15.6. The number of hydrogen-bond donors (Lipinski definition) is 1. The second-order valence-corrected chi connectivity index (χ2v) is 4.51. The topological polar surface area (TPSA) is 50.4 Å². The lowest BCUT2D eigenvalue weighted by atomic mass is 10.3. The van der Waals surface area contributed by atoms with E-state index in [2.05, 4.69) is 15.3 Å². The van der Waals surface area contributed by atoms with Gasteiger partial charge in [-0.05, 0) is 24.3 Å². The van der Waals surface area contributed by atoms with E-state index in [0.29, 0.717) is 5.89 Å². The van der Waals surface area contributed by atoms with E-state index in [1.807, 2.05) is 54.7 Å². The van der Waals surface area contributed by atoms with Crippen LogP contribution in [0.4, 0.5) is 11.4 Å². The monoisotopic (exact) mass is 261 g/mol. The third kappa shape index (κ3) is 1.78. The minimum absolute atomic E-state index is 0.565. The van der Waals surface area contributed by atoms with Crippen LogP contribution in [0.1, 0.15) is 5.89 Å². The van der Waals surface area contributed by atoms with Gasteiger partial charge in [-0.15, -0.1) is 0 Å².